The van der Waals surface area contributed by atoms with E-state index in [1.807, 2.05) is 6.07 Å². The SMILES string of the molecule is Cc1ccccc1OS(=O)(=O)c1cccc2nsnc12. The summed E-state index contributed by atoms with van der Waals surface area (Å²) < 4.78 is 38.0. The molecule has 0 aliphatic carbocycles. The van der Waals surface area contributed by atoms with Gasteiger partial charge in [-0.3, -0.25) is 0 Å². The first kappa shape index (κ1) is 13.0. The summed E-state index contributed by atoms with van der Waals surface area (Å²) in [5.74, 6) is 0.313. The van der Waals surface area contributed by atoms with Crippen molar-refractivity contribution in [2.45, 2.75) is 11.8 Å². The van der Waals surface area contributed by atoms with Gasteiger partial charge in [0.1, 0.15) is 21.7 Å². The van der Waals surface area contributed by atoms with E-state index in [0.29, 0.717) is 16.8 Å². The van der Waals surface area contributed by atoms with Crippen LogP contribution in [0.1, 0.15) is 5.56 Å². The quantitative estimate of drug-likeness (QED) is 0.696. The van der Waals surface area contributed by atoms with E-state index in [9.17, 15) is 8.42 Å². The molecule has 3 rings (SSSR count). The summed E-state index contributed by atoms with van der Waals surface area (Å²) in [6.07, 6.45) is 0. The van der Waals surface area contributed by atoms with E-state index in [-0.39, 0.29) is 4.90 Å². The molecule has 0 saturated heterocycles. The minimum absolute atomic E-state index is 0.0343. The summed E-state index contributed by atoms with van der Waals surface area (Å²) in [5.41, 5.74) is 1.63. The molecule has 0 spiro atoms. The molecule has 102 valence electrons. The second kappa shape index (κ2) is 4.84. The molecule has 1 heterocycles. The number of para-hydroxylation sites is 1. The van der Waals surface area contributed by atoms with Crippen molar-refractivity contribution in [1.82, 2.24) is 8.75 Å². The van der Waals surface area contributed by atoms with Crippen molar-refractivity contribution in [1.29, 1.82) is 0 Å². The van der Waals surface area contributed by atoms with Crippen molar-refractivity contribution in [3.63, 3.8) is 0 Å². The highest BCUT2D eigenvalue weighted by molar-refractivity contribution is 7.87. The lowest BCUT2D eigenvalue weighted by Gasteiger charge is -2.09. The maximum absolute atomic E-state index is 12.4. The Morgan fingerprint density at radius 2 is 1.85 bits per heavy atom. The van der Waals surface area contributed by atoms with Crippen LogP contribution in [0.15, 0.2) is 47.4 Å². The Morgan fingerprint density at radius 1 is 1.05 bits per heavy atom. The third-order valence-corrected chi connectivity index (χ3v) is 4.62. The number of rotatable bonds is 3. The molecule has 0 amide bonds. The minimum Gasteiger partial charge on any atom is -0.379 e. The zero-order valence-electron chi connectivity index (χ0n) is 10.5. The molecule has 7 heteroatoms. The van der Waals surface area contributed by atoms with Gasteiger partial charge in [-0.25, -0.2) is 0 Å². The summed E-state index contributed by atoms with van der Waals surface area (Å²) in [6, 6.07) is 11.8. The highest BCUT2D eigenvalue weighted by Gasteiger charge is 2.22. The van der Waals surface area contributed by atoms with Crippen LogP contribution in [0.2, 0.25) is 0 Å². The summed E-state index contributed by atoms with van der Waals surface area (Å²) >= 11 is 0.973. The van der Waals surface area contributed by atoms with Crippen LogP contribution in [0.5, 0.6) is 5.75 Å². The van der Waals surface area contributed by atoms with Crippen LogP contribution in [0, 0.1) is 6.92 Å². The molecule has 1 aromatic heterocycles. The topological polar surface area (TPSA) is 69.2 Å². The first-order valence-corrected chi connectivity index (χ1v) is 7.93. The molecular formula is C13H10N2O3S2. The Labute approximate surface area is 120 Å². The van der Waals surface area contributed by atoms with Gasteiger partial charge in [0.25, 0.3) is 0 Å². The normalized spacial score (nSPS) is 11.7. The number of nitrogens with zero attached hydrogens (tertiary/aromatic N) is 2. The predicted octanol–water partition coefficient (Wildman–Crippen LogP) is 2.77. The Balaban J connectivity index is 2.09. The summed E-state index contributed by atoms with van der Waals surface area (Å²) in [6.45, 7) is 1.79. The molecule has 2 aromatic carbocycles. The Morgan fingerprint density at radius 3 is 2.65 bits per heavy atom. The average molecular weight is 306 g/mol. The monoisotopic (exact) mass is 306 g/mol. The van der Waals surface area contributed by atoms with Crippen LogP contribution in [0.4, 0.5) is 0 Å². The minimum atomic E-state index is -3.93. The van der Waals surface area contributed by atoms with Gasteiger partial charge in [0, 0.05) is 0 Å². The van der Waals surface area contributed by atoms with Gasteiger partial charge in [-0.05, 0) is 30.7 Å². The molecule has 3 aromatic rings. The van der Waals surface area contributed by atoms with Gasteiger partial charge in [0.2, 0.25) is 0 Å². The molecule has 0 aliphatic rings. The molecule has 0 atom stereocenters. The standard InChI is InChI=1S/C13H10N2O3S2/c1-9-5-2-3-7-11(9)18-20(16,17)12-8-4-6-10-13(12)15-19-14-10/h2-8H,1H3. The highest BCUT2D eigenvalue weighted by Crippen LogP contribution is 2.26. The van der Waals surface area contributed by atoms with Crippen LogP contribution < -0.4 is 4.18 Å². The second-order valence-electron chi connectivity index (χ2n) is 4.19. The van der Waals surface area contributed by atoms with E-state index in [0.717, 1.165) is 17.3 Å². The zero-order valence-corrected chi connectivity index (χ0v) is 12.1. The summed E-state index contributed by atoms with van der Waals surface area (Å²) in [7, 11) is -3.93. The van der Waals surface area contributed by atoms with Crippen molar-refractivity contribution >= 4 is 32.9 Å². The first-order chi connectivity index (χ1) is 9.58. The van der Waals surface area contributed by atoms with Gasteiger partial charge in [-0.15, -0.1) is 0 Å². The molecule has 20 heavy (non-hydrogen) atoms. The molecular weight excluding hydrogens is 296 g/mol. The van der Waals surface area contributed by atoms with Crippen molar-refractivity contribution in [3.8, 4) is 5.75 Å². The van der Waals surface area contributed by atoms with Crippen molar-refractivity contribution in [2.75, 3.05) is 0 Å². The lowest BCUT2D eigenvalue weighted by atomic mass is 10.2. The lowest BCUT2D eigenvalue weighted by molar-refractivity contribution is 0.485. The van der Waals surface area contributed by atoms with Gasteiger partial charge >= 0.3 is 10.1 Å². The van der Waals surface area contributed by atoms with E-state index in [1.165, 1.54) is 6.07 Å². The van der Waals surface area contributed by atoms with E-state index in [4.69, 9.17) is 4.18 Å². The van der Waals surface area contributed by atoms with E-state index >= 15 is 0 Å². The molecule has 5 nitrogen and oxygen atoms in total. The summed E-state index contributed by atoms with van der Waals surface area (Å²) in [4.78, 5) is 0.0343. The lowest BCUT2D eigenvalue weighted by Crippen LogP contribution is -2.11. The molecule has 0 saturated carbocycles. The molecule has 0 N–H and O–H groups in total. The fourth-order valence-electron chi connectivity index (χ4n) is 1.80. The van der Waals surface area contributed by atoms with Crippen LogP contribution in [-0.2, 0) is 10.1 Å². The molecule has 0 aliphatic heterocycles. The third-order valence-electron chi connectivity index (χ3n) is 2.81. The number of aromatic nitrogens is 2. The van der Waals surface area contributed by atoms with Crippen LogP contribution >= 0.6 is 11.7 Å². The Bertz CT molecular complexity index is 872. The zero-order chi connectivity index (χ0) is 14.2. The van der Waals surface area contributed by atoms with Crippen LogP contribution in [0.25, 0.3) is 11.0 Å². The van der Waals surface area contributed by atoms with Gasteiger partial charge in [-0.1, -0.05) is 24.3 Å². The largest absolute Gasteiger partial charge is 0.379 e. The number of hydrogen-bond donors (Lipinski definition) is 0. The number of fused-ring (bicyclic) bond motifs is 1. The van der Waals surface area contributed by atoms with Crippen LogP contribution in [-0.4, -0.2) is 17.2 Å². The van der Waals surface area contributed by atoms with Gasteiger partial charge < -0.3 is 4.18 Å². The van der Waals surface area contributed by atoms with Crippen LogP contribution in [0.3, 0.4) is 0 Å². The average Bonchev–Trinajstić information content (AvgIpc) is 2.89. The van der Waals surface area contributed by atoms with E-state index < -0.39 is 10.1 Å². The highest BCUT2D eigenvalue weighted by atomic mass is 32.2. The fraction of sp³-hybridized carbons (Fsp3) is 0.0769. The maximum Gasteiger partial charge on any atom is 0.341 e. The molecule has 0 bridgehead atoms. The van der Waals surface area contributed by atoms with Crippen molar-refractivity contribution < 1.29 is 12.6 Å². The molecule has 0 fully saturated rings. The second-order valence-corrected chi connectivity index (χ2v) is 6.23. The summed E-state index contributed by atoms with van der Waals surface area (Å²) in [5, 5.41) is 0. The van der Waals surface area contributed by atoms with Crippen molar-refractivity contribution in [3.05, 3.63) is 48.0 Å². The third kappa shape index (κ3) is 2.25. The number of aryl methyl sites for hydroxylation is 1. The fourth-order valence-corrected chi connectivity index (χ4v) is 3.55. The predicted molar refractivity (Wildman–Crippen MR) is 76.4 cm³/mol. The Hall–Kier alpha value is -1.99. The number of hydrogen-bond acceptors (Lipinski definition) is 6. The first-order valence-electron chi connectivity index (χ1n) is 5.79. The van der Waals surface area contributed by atoms with Gasteiger partial charge in [0.15, 0.2) is 0 Å². The molecule has 0 unspecified atom stereocenters. The number of benzene rings is 2. The molecule has 0 radical (unpaired) electrons. The Kier molecular flexibility index (Phi) is 3.15. The maximum atomic E-state index is 12.4. The van der Waals surface area contributed by atoms with E-state index in [2.05, 4.69) is 8.75 Å². The van der Waals surface area contributed by atoms with E-state index in [1.54, 1.807) is 37.3 Å². The van der Waals surface area contributed by atoms with Crippen molar-refractivity contribution in [2.24, 2.45) is 0 Å². The smallest absolute Gasteiger partial charge is 0.341 e. The van der Waals surface area contributed by atoms with Gasteiger partial charge in [-0.2, -0.15) is 17.2 Å². The van der Waals surface area contributed by atoms with Gasteiger partial charge in [0.05, 0.1) is 11.7 Å².